The minimum Gasteiger partial charge on any atom is -0.310 e. The Balaban J connectivity index is 1.14. The van der Waals surface area contributed by atoms with Crippen LogP contribution in [0.15, 0.2) is 218 Å². The molecule has 0 atom stereocenters. The zero-order chi connectivity index (χ0) is 37.0. The summed E-state index contributed by atoms with van der Waals surface area (Å²) in [4.78, 5) is 2.44. The highest BCUT2D eigenvalue weighted by molar-refractivity contribution is 6.21. The molecular weight excluding hydrogens is 677 g/mol. The number of aromatic nitrogens is 1. The fraction of sp³-hybridized carbons (Fsp3) is 0. The highest BCUT2D eigenvalue weighted by atomic mass is 15.1. The Morgan fingerprint density at radius 3 is 1.77 bits per heavy atom. The summed E-state index contributed by atoms with van der Waals surface area (Å²) in [7, 11) is 0. The maximum Gasteiger partial charge on any atom is 0.0562 e. The molecule has 1 heterocycles. The molecule has 56 heavy (non-hydrogen) atoms. The van der Waals surface area contributed by atoms with Crippen molar-refractivity contribution in [3.05, 3.63) is 218 Å². The van der Waals surface area contributed by atoms with Gasteiger partial charge in [0.15, 0.2) is 0 Å². The average Bonchev–Trinajstić information content (AvgIpc) is 3.62. The average molecular weight is 713 g/mol. The minimum atomic E-state index is 1.10. The maximum atomic E-state index is 2.44. The van der Waals surface area contributed by atoms with Crippen LogP contribution in [0.4, 0.5) is 17.1 Å². The number of nitrogens with zero attached hydrogens (tertiary/aromatic N) is 2. The molecule has 0 amide bonds. The van der Waals surface area contributed by atoms with Gasteiger partial charge in [-0.15, -0.1) is 0 Å². The molecule has 2 nitrogen and oxygen atoms in total. The molecule has 10 aromatic carbocycles. The Morgan fingerprint density at radius 2 is 0.946 bits per heavy atom. The summed E-state index contributed by atoms with van der Waals surface area (Å²) in [6, 6.07) is 79.5. The SMILES string of the molecule is c1ccc(-c2cccc(N(c3ccc(-c4cc5c6ccccc6ccc5c5ccccc45)cc3)c3cccc4c3c3ccccc3n4-c3ccccc3)c2)cc1. The van der Waals surface area contributed by atoms with E-state index in [0.29, 0.717) is 0 Å². The van der Waals surface area contributed by atoms with Crippen molar-refractivity contribution in [2.75, 3.05) is 4.90 Å². The summed E-state index contributed by atoms with van der Waals surface area (Å²) in [6.45, 7) is 0. The second kappa shape index (κ2) is 13.2. The molecule has 262 valence electrons. The van der Waals surface area contributed by atoms with E-state index < -0.39 is 0 Å². The van der Waals surface area contributed by atoms with E-state index in [1.807, 2.05) is 0 Å². The van der Waals surface area contributed by atoms with Crippen LogP contribution in [0.5, 0.6) is 0 Å². The first-order chi connectivity index (χ1) is 27.8. The number of fused-ring (bicyclic) bond motifs is 8. The lowest BCUT2D eigenvalue weighted by atomic mass is 9.91. The highest BCUT2D eigenvalue weighted by Gasteiger charge is 2.22. The third kappa shape index (κ3) is 5.19. The number of para-hydroxylation sites is 2. The lowest BCUT2D eigenvalue weighted by Gasteiger charge is -2.27. The van der Waals surface area contributed by atoms with Gasteiger partial charge < -0.3 is 9.47 Å². The van der Waals surface area contributed by atoms with Crippen LogP contribution in [-0.2, 0) is 0 Å². The predicted octanol–water partition coefficient (Wildman–Crippen LogP) is 15.0. The van der Waals surface area contributed by atoms with Crippen LogP contribution in [-0.4, -0.2) is 4.57 Å². The summed E-state index contributed by atoms with van der Waals surface area (Å²) in [5.74, 6) is 0. The van der Waals surface area contributed by atoms with Crippen molar-refractivity contribution in [1.29, 1.82) is 0 Å². The molecular formula is C54H36N2. The smallest absolute Gasteiger partial charge is 0.0562 e. The number of anilines is 3. The minimum absolute atomic E-state index is 1.10. The van der Waals surface area contributed by atoms with E-state index in [-0.39, 0.29) is 0 Å². The van der Waals surface area contributed by atoms with Gasteiger partial charge in [0.1, 0.15) is 0 Å². The fourth-order valence-corrected chi connectivity index (χ4v) is 8.81. The monoisotopic (exact) mass is 712 g/mol. The van der Waals surface area contributed by atoms with Crippen molar-refractivity contribution in [2.45, 2.75) is 0 Å². The lowest BCUT2D eigenvalue weighted by molar-refractivity contribution is 1.18. The Morgan fingerprint density at radius 1 is 0.321 bits per heavy atom. The third-order valence-corrected chi connectivity index (χ3v) is 11.3. The van der Waals surface area contributed by atoms with E-state index in [9.17, 15) is 0 Å². The number of benzene rings is 10. The van der Waals surface area contributed by atoms with E-state index in [1.54, 1.807) is 0 Å². The number of rotatable bonds is 6. The van der Waals surface area contributed by atoms with Gasteiger partial charge in [0, 0.05) is 27.8 Å². The van der Waals surface area contributed by atoms with Gasteiger partial charge in [-0.2, -0.15) is 0 Å². The van der Waals surface area contributed by atoms with Crippen LogP contribution < -0.4 is 4.90 Å². The van der Waals surface area contributed by atoms with Crippen LogP contribution in [0.25, 0.3) is 82.1 Å². The lowest BCUT2D eigenvalue weighted by Crippen LogP contribution is -2.10. The second-order valence-corrected chi connectivity index (χ2v) is 14.5. The molecule has 0 spiro atoms. The van der Waals surface area contributed by atoms with Crippen molar-refractivity contribution in [3.8, 4) is 27.9 Å². The van der Waals surface area contributed by atoms with Crippen LogP contribution in [0.2, 0.25) is 0 Å². The first kappa shape index (κ1) is 32.0. The van der Waals surface area contributed by atoms with Gasteiger partial charge in [-0.3, -0.25) is 0 Å². The zero-order valence-electron chi connectivity index (χ0n) is 30.7. The Bertz CT molecular complexity index is 3230. The van der Waals surface area contributed by atoms with Gasteiger partial charge in [0.05, 0.1) is 16.7 Å². The Kier molecular flexibility index (Phi) is 7.53. The van der Waals surface area contributed by atoms with Gasteiger partial charge in [-0.1, -0.05) is 158 Å². The van der Waals surface area contributed by atoms with Gasteiger partial charge in [-0.25, -0.2) is 0 Å². The summed E-state index contributed by atoms with van der Waals surface area (Å²) >= 11 is 0. The summed E-state index contributed by atoms with van der Waals surface area (Å²) < 4.78 is 2.39. The van der Waals surface area contributed by atoms with Crippen molar-refractivity contribution in [3.63, 3.8) is 0 Å². The van der Waals surface area contributed by atoms with Gasteiger partial charge in [0.25, 0.3) is 0 Å². The van der Waals surface area contributed by atoms with Crippen molar-refractivity contribution < 1.29 is 0 Å². The molecule has 0 saturated carbocycles. The van der Waals surface area contributed by atoms with Crippen LogP contribution in [0.3, 0.4) is 0 Å². The quantitative estimate of drug-likeness (QED) is 0.156. The largest absolute Gasteiger partial charge is 0.310 e. The zero-order valence-corrected chi connectivity index (χ0v) is 30.7. The Labute approximate surface area is 325 Å². The molecule has 1 aromatic heterocycles. The van der Waals surface area contributed by atoms with Gasteiger partial charge in [-0.05, 0) is 115 Å². The van der Waals surface area contributed by atoms with Crippen molar-refractivity contribution >= 4 is 71.2 Å². The number of hydrogen-bond acceptors (Lipinski definition) is 1. The molecule has 0 aliphatic rings. The summed E-state index contributed by atoms with van der Waals surface area (Å²) in [6.07, 6.45) is 0. The standard InChI is InChI=1S/C54H36N2/c1-3-15-37(16-4-1)40-18-13-21-43(35-40)55(52-27-14-28-53-54(52)48-25-11-12-26-51(48)56(53)41-19-5-2-6-20-41)42-32-29-39(30-33-42)49-36-50-44-22-8-7-17-38(44)31-34-47(50)45-23-9-10-24-46(45)49/h1-36H. The fourth-order valence-electron chi connectivity index (χ4n) is 8.81. The molecule has 0 aliphatic carbocycles. The normalized spacial score (nSPS) is 11.6. The Hall–Kier alpha value is -7.42. The summed E-state index contributed by atoms with van der Waals surface area (Å²) in [5, 5.41) is 10.1. The second-order valence-electron chi connectivity index (χ2n) is 14.5. The van der Waals surface area contributed by atoms with Gasteiger partial charge >= 0.3 is 0 Å². The molecule has 0 radical (unpaired) electrons. The maximum absolute atomic E-state index is 2.44. The van der Waals surface area contributed by atoms with Crippen LogP contribution in [0.1, 0.15) is 0 Å². The van der Waals surface area contributed by atoms with Crippen LogP contribution in [0, 0.1) is 0 Å². The molecule has 2 heteroatoms. The molecule has 0 bridgehead atoms. The molecule has 0 aliphatic heterocycles. The van der Waals surface area contributed by atoms with E-state index in [0.717, 1.165) is 22.7 Å². The van der Waals surface area contributed by atoms with Crippen LogP contribution >= 0.6 is 0 Å². The van der Waals surface area contributed by atoms with Crippen molar-refractivity contribution in [1.82, 2.24) is 4.57 Å². The molecule has 0 saturated heterocycles. The van der Waals surface area contributed by atoms with E-state index in [2.05, 4.69) is 228 Å². The number of hydrogen-bond donors (Lipinski definition) is 0. The highest BCUT2D eigenvalue weighted by Crippen LogP contribution is 2.45. The molecule has 0 N–H and O–H groups in total. The van der Waals surface area contributed by atoms with E-state index >= 15 is 0 Å². The predicted molar refractivity (Wildman–Crippen MR) is 239 cm³/mol. The molecule has 0 fully saturated rings. The first-order valence-corrected chi connectivity index (χ1v) is 19.3. The molecule has 11 aromatic rings. The third-order valence-electron chi connectivity index (χ3n) is 11.3. The van der Waals surface area contributed by atoms with Crippen molar-refractivity contribution in [2.24, 2.45) is 0 Å². The molecule has 11 rings (SSSR count). The first-order valence-electron chi connectivity index (χ1n) is 19.3. The van der Waals surface area contributed by atoms with E-state index in [1.165, 1.54) is 76.4 Å². The molecule has 0 unspecified atom stereocenters. The van der Waals surface area contributed by atoms with Gasteiger partial charge in [0.2, 0.25) is 0 Å². The topological polar surface area (TPSA) is 8.17 Å². The van der Waals surface area contributed by atoms with E-state index in [4.69, 9.17) is 0 Å². The summed E-state index contributed by atoms with van der Waals surface area (Å²) in [5.41, 5.74) is 11.6.